The molecule has 0 aliphatic carbocycles. The van der Waals surface area contributed by atoms with Gasteiger partial charge in [-0.3, -0.25) is 9.80 Å². The minimum Gasteiger partial charge on any atom is -0.317 e. The average molecular weight is 410 g/mol. The molecule has 0 aromatic carbocycles. The summed E-state index contributed by atoms with van der Waals surface area (Å²) in [5.74, 6) is 0. The van der Waals surface area contributed by atoms with Crippen molar-refractivity contribution in [1.29, 1.82) is 0 Å². The minimum atomic E-state index is 0.780. The molecule has 0 spiro atoms. The molecular formula is C24H51N5. The molecule has 2 fully saturated rings. The van der Waals surface area contributed by atoms with Crippen molar-refractivity contribution >= 4 is 0 Å². The molecule has 5 nitrogen and oxygen atoms in total. The van der Waals surface area contributed by atoms with Gasteiger partial charge in [0.15, 0.2) is 0 Å². The van der Waals surface area contributed by atoms with Crippen molar-refractivity contribution in [3.8, 4) is 0 Å². The van der Waals surface area contributed by atoms with Gasteiger partial charge in [-0.25, -0.2) is 0 Å². The van der Waals surface area contributed by atoms with Gasteiger partial charge in [-0.05, 0) is 64.7 Å². The third kappa shape index (κ3) is 10.6. The molecule has 5 heteroatoms. The number of hydrogen-bond acceptors (Lipinski definition) is 5. The van der Waals surface area contributed by atoms with Crippen molar-refractivity contribution in [1.82, 2.24) is 25.8 Å². The second-order valence-electron chi connectivity index (χ2n) is 9.24. The Balaban J connectivity index is 1.44. The first-order chi connectivity index (χ1) is 14.3. The van der Waals surface area contributed by atoms with E-state index < -0.39 is 0 Å². The highest BCUT2D eigenvalue weighted by Crippen LogP contribution is 2.13. The van der Waals surface area contributed by atoms with Crippen LogP contribution in [0.4, 0.5) is 0 Å². The summed E-state index contributed by atoms with van der Waals surface area (Å²) in [6, 6.07) is 1.56. The molecule has 0 aromatic rings. The van der Waals surface area contributed by atoms with Gasteiger partial charge in [0.2, 0.25) is 0 Å². The van der Waals surface area contributed by atoms with Crippen LogP contribution in [0.2, 0.25) is 0 Å². The van der Waals surface area contributed by atoms with E-state index in [4.69, 9.17) is 0 Å². The van der Waals surface area contributed by atoms with Gasteiger partial charge in [-0.1, -0.05) is 39.5 Å². The van der Waals surface area contributed by atoms with Crippen LogP contribution in [0.15, 0.2) is 0 Å². The smallest absolute Gasteiger partial charge is 0.0221 e. The van der Waals surface area contributed by atoms with Gasteiger partial charge in [0.05, 0.1) is 0 Å². The SMILES string of the molecule is CCCCC1CNCCN1CCCCNCCCCN1CCNCC1CCCC. The van der Waals surface area contributed by atoms with Crippen LogP contribution < -0.4 is 16.0 Å². The highest BCUT2D eigenvalue weighted by atomic mass is 15.2. The van der Waals surface area contributed by atoms with Crippen LogP contribution in [-0.4, -0.2) is 87.3 Å². The fourth-order valence-electron chi connectivity index (χ4n) is 4.90. The van der Waals surface area contributed by atoms with Crippen LogP contribution in [0.25, 0.3) is 0 Å². The Morgan fingerprint density at radius 3 is 1.62 bits per heavy atom. The molecule has 2 heterocycles. The zero-order chi connectivity index (χ0) is 20.6. The Morgan fingerprint density at radius 2 is 1.17 bits per heavy atom. The molecule has 2 atom stereocenters. The number of unbranched alkanes of at least 4 members (excludes halogenated alkanes) is 4. The largest absolute Gasteiger partial charge is 0.317 e. The van der Waals surface area contributed by atoms with Gasteiger partial charge >= 0.3 is 0 Å². The van der Waals surface area contributed by atoms with E-state index in [-0.39, 0.29) is 0 Å². The molecule has 0 radical (unpaired) electrons. The van der Waals surface area contributed by atoms with E-state index in [9.17, 15) is 0 Å². The lowest BCUT2D eigenvalue weighted by Crippen LogP contribution is -2.51. The van der Waals surface area contributed by atoms with Crippen molar-refractivity contribution in [2.45, 2.75) is 90.1 Å². The molecule has 2 saturated heterocycles. The number of piperazine rings is 2. The van der Waals surface area contributed by atoms with E-state index in [1.807, 2.05) is 0 Å². The predicted octanol–water partition coefficient (Wildman–Crippen LogP) is 3.06. The summed E-state index contributed by atoms with van der Waals surface area (Å²) in [4.78, 5) is 5.49. The molecule has 172 valence electrons. The maximum absolute atomic E-state index is 3.69. The third-order valence-corrected chi connectivity index (χ3v) is 6.82. The summed E-state index contributed by atoms with van der Waals surface area (Å²) in [5.41, 5.74) is 0. The lowest BCUT2D eigenvalue weighted by molar-refractivity contribution is 0.147. The van der Waals surface area contributed by atoms with Crippen LogP contribution in [0, 0.1) is 0 Å². The summed E-state index contributed by atoms with van der Waals surface area (Å²) < 4.78 is 0. The Morgan fingerprint density at radius 1 is 0.690 bits per heavy atom. The fourth-order valence-corrected chi connectivity index (χ4v) is 4.90. The molecule has 2 aliphatic rings. The third-order valence-electron chi connectivity index (χ3n) is 6.82. The first kappa shape index (κ1) is 25.1. The molecule has 2 aliphatic heterocycles. The normalized spacial score (nSPS) is 24.2. The molecule has 0 saturated carbocycles. The van der Waals surface area contributed by atoms with E-state index >= 15 is 0 Å². The van der Waals surface area contributed by atoms with Crippen LogP contribution in [0.3, 0.4) is 0 Å². The first-order valence-electron chi connectivity index (χ1n) is 12.9. The molecule has 3 N–H and O–H groups in total. The molecule has 0 amide bonds. The lowest BCUT2D eigenvalue weighted by atomic mass is 10.1. The Labute approximate surface area is 181 Å². The predicted molar refractivity (Wildman–Crippen MR) is 127 cm³/mol. The molecule has 2 rings (SSSR count). The Bertz CT molecular complexity index is 344. The summed E-state index contributed by atoms with van der Waals surface area (Å²) in [5, 5.41) is 10.8. The van der Waals surface area contributed by atoms with Crippen LogP contribution >= 0.6 is 0 Å². The zero-order valence-electron chi connectivity index (χ0n) is 19.7. The van der Waals surface area contributed by atoms with Gasteiger partial charge in [-0.2, -0.15) is 0 Å². The van der Waals surface area contributed by atoms with Gasteiger partial charge in [0, 0.05) is 51.4 Å². The fraction of sp³-hybridized carbons (Fsp3) is 1.00. The number of nitrogens with one attached hydrogen (secondary N) is 3. The number of rotatable bonds is 16. The lowest BCUT2D eigenvalue weighted by Gasteiger charge is -2.36. The molecule has 0 bridgehead atoms. The quantitative estimate of drug-likeness (QED) is 0.342. The standard InChI is InChI=1S/C24H51N5/c1-3-5-11-23-21-26-15-19-28(23)17-9-7-13-25-14-8-10-18-29-20-16-27-22-24(29)12-6-4-2/h23-27H,3-22H2,1-2H3. The van der Waals surface area contributed by atoms with Crippen molar-refractivity contribution in [3.63, 3.8) is 0 Å². The molecular weight excluding hydrogens is 358 g/mol. The van der Waals surface area contributed by atoms with Crippen molar-refractivity contribution in [3.05, 3.63) is 0 Å². The first-order valence-corrected chi connectivity index (χ1v) is 12.9. The van der Waals surface area contributed by atoms with Gasteiger partial charge in [0.1, 0.15) is 0 Å². The molecule has 29 heavy (non-hydrogen) atoms. The summed E-state index contributed by atoms with van der Waals surface area (Å²) in [6.45, 7) is 16.8. The average Bonchev–Trinajstić information content (AvgIpc) is 2.76. The van der Waals surface area contributed by atoms with E-state index in [0.717, 1.165) is 12.1 Å². The highest BCUT2D eigenvalue weighted by molar-refractivity contribution is 4.80. The molecule has 0 aromatic heterocycles. The maximum atomic E-state index is 3.69. The topological polar surface area (TPSA) is 42.6 Å². The van der Waals surface area contributed by atoms with Gasteiger partial charge in [0.25, 0.3) is 0 Å². The Kier molecular flexibility index (Phi) is 14.2. The van der Waals surface area contributed by atoms with Gasteiger partial charge < -0.3 is 16.0 Å². The highest BCUT2D eigenvalue weighted by Gasteiger charge is 2.21. The van der Waals surface area contributed by atoms with Crippen molar-refractivity contribution in [2.24, 2.45) is 0 Å². The van der Waals surface area contributed by atoms with E-state index in [1.54, 1.807) is 0 Å². The maximum Gasteiger partial charge on any atom is 0.0221 e. The summed E-state index contributed by atoms with van der Waals surface area (Å²) in [7, 11) is 0. The van der Waals surface area contributed by atoms with Crippen LogP contribution in [-0.2, 0) is 0 Å². The monoisotopic (exact) mass is 409 g/mol. The minimum absolute atomic E-state index is 0.780. The Hall–Kier alpha value is -0.200. The second-order valence-corrected chi connectivity index (χ2v) is 9.24. The number of hydrogen-bond donors (Lipinski definition) is 3. The summed E-state index contributed by atoms with van der Waals surface area (Å²) in [6.07, 6.45) is 13.5. The van der Waals surface area contributed by atoms with E-state index in [1.165, 1.54) is 130 Å². The van der Waals surface area contributed by atoms with Crippen LogP contribution in [0.1, 0.15) is 78.1 Å². The molecule has 2 unspecified atom stereocenters. The second kappa shape index (κ2) is 16.5. The summed E-state index contributed by atoms with van der Waals surface area (Å²) >= 11 is 0. The van der Waals surface area contributed by atoms with Gasteiger partial charge in [-0.15, -0.1) is 0 Å². The zero-order valence-corrected chi connectivity index (χ0v) is 19.7. The van der Waals surface area contributed by atoms with E-state index in [2.05, 4.69) is 39.6 Å². The van der Waals surface area contributed by atoms with E-state index in [0.29, 0.717) is 0 Å². The van der Waals surface area contributed by atoms with Crippen LogP contribution in [0.5, 0.6) is 0 Å². The number of nitrogens with zero attached hydrogens (tertiary/aromatic N) is 2. The van der Waals surface area contributed by atoms with Crippen molar-refractivity contribution in [2.75, 3.05) is 65.4 Å². The van der Waals surface area contributed by atoms with Crippen molar-refractivity contribution < 1.29 is 0 Å².